The molecule has 1 saturated heterocycles. The molecular formula is C16H19NO. The number of phenols is 1. The second kappa shape index (κ2) is 4.99. The highest BCUT2D eigenvalue weighted by molar-refractivity contribution is 5.84. The zero-order valence-electron chi connectivity index (χ0n) is 10.5. The molecule has 1 unspecified atom stereocenters. The third-order valence-corrected chi connectivity index (χ3v) is 3.85. The second-order valence-electron chi connectivity index (χ2n) is 5.24. The molecule has 2 N–H and O–H groups in total. The summed E-state index contributed by atoms with van der Waals surface area (Å²) in [4.78, 5) is 0. The Balaban J connectivity index is 1.88. The maximum absolute atomic E-state index is 10.1. The third-order valence-electron chi connectivity index (χ3n) is 3.85. The van der Waals surface area contributed by atoms with Gasteiger partial charge in [-0.25, -0.2) is 0 Å². The topological polar surface area (TPSA) is 32.3 Å². The summed E-state index contributed by atoms with van der Waals surface area (Å²) in [6.45, 7) is 2.21. The van der Waals surface area contributed by atoms with Gasteiger partial charge in [0.25, 0.3) is 0 Å². The Morgan fingerprint density at radius 1 is 1.17 bits per heavy atom. The zero-order chi connectivity index (χ0) is 12.4. The highest BCUT2D eigenvalue weighted by Gasteiger charge is 2.15. The Morgan fingerprint density at radius 3 is 2.67 bits per heavy atom. The lowest BCUT2D eigenvalue weighted by molar-refractivity contribution is 0.370. The first-order valence-corrected chi connectivity index (χ1v) is 6.74. The monoisotopic (exact) mass is 241 g/mol. The van der Waals surface area contributed by atoms with E-state index in [1.165, 1.54) is 18.2 Å². The number of benzene rings is 2. The summed E-state index contributed by atoms with van der Waals surface area (Å²) in [5.41, 5.74) is 1.09. The van der Waals surface area contributed by atoms with Gasteiger partial charge in [-0.1, -0.05) is 24.3 Å². The van der Waals surface area contributed by atoms with Crippen molar-refractivity contribution in [2.24, 2.45) is 5.92 Å². The number of rotatable bonds is 2. The minimum Gasteiger partial charge on any atom is -0.508 e. The fourth-order valence-electron chi connectivity index (χ4n) is 2.85. The van der Waals surface area contributed by atoms with Gasteiger partial charge in [0.2, 0.25) is 0 Å². The fraction of sp³-hybridized carbons (Fsp3) is 0.375. The first-order chi connectivity index (χ1) is 8.83. The molecule has 0 aromatic heterocycles. The van der Waals surface area contributed by atoms with Gasteiger partial charge in [-0.15, -0.1) is 0 Å². The molecular weight excluding hydrogens is 222 g/mol. The van der Waals surface area contributed by atoms with E-state index in [-0.39, 0.29) is 0 Å². The molecule has 2 nitrogen and oxygen atoms in total. The summed E-state index contributed by atoms with van der Waals surface area (Å²) in [6.07, 6.45) is 3.49. The number of piperidine rings is 1. The Labute approximate surface area is 108 Å². The van der Waals surface area contributed by atoms with E-state index in [2.05, 4.69) is 17.4 Å². The van der Waals surface area contributed by atoms with Gasteiger partial charge in [0.1, 0.15) is 5.75 Å². The Hall–Kier alpha value is -1.54. The van der Waals surface area contributed by atoms with Crippen LogP contribution in [-0.4, -0.2) is 18.2 Å². The minimum atomic E-state index is 0.444. The molecule has 1 heterocycles. The molecule has 18 heavy (non-hydrogen) atoms. The molecule has 2 aromatic carbocycles. The van der Waals surface area contributed by atoms with Crippen LogP contribution in [0.1, 0.15) is 18.4 Å². The van der Waals surface area contributed by atoms with Crippen LogP contribution in [0.3, 0.4) is 0 Å². The number of hydrogen-bond donors (Lipinski definition) is 2. The van der Waals surface area contributed by atoms with Crippen LogP contribution in [0.2, 0.25) is 0 Å². The van der Waals surface area contributed by atoms with Gasteiger partial charge >= 0.3 is 0 Å². The quantitative estimate of drug-likeness (QED) is 0.847. The molecule has 2 aromatic rings. The summed E-state index contributed by atoms with van der Waals surface area (Å²) in [7, 11) is 0. The van der Waals surface area contributed by atoms with Crippen LogP contribution >= 0.6 is 0 Å². The van der Waals surface area contributed by atoms with E-state index < -0.39 is 0 Å². The molecule has 1 fully saturated rings. The van der Waals surface area contributed by atoms with Crippen molar-refractivity contribution < 1.29 is 5.11 Å². The number of nitrogens with one attached hydrogen (secondary N) is 1. The summed E-state index contributed by atoms with van der Waals surface area (Å²) in [5, 5.41) is 15.9. The third kappa shape index (κ3) is 2.34. The Morgan fingerprint density at radius 2 is 1.94 bits per heavy atom. The van der Waals surface area contributed by atoms with Crippen molar-refractivity contribution in [3.8, 4) is 5.75 Å². The molecule has 1 aliphatic rings. The van der Waals surface area contributed by atoms with Crippen molar-refractivity contribution in [3.63, 3.8) is 0 Å². The lowest BCUT2D eigenvalue weighted by Crippen LogP contribution is -2.30. The van der Waals surface area contributed by atoms with Crippen LogP contribution in [0, 0.1) is 5.92 Å². The molecule has 0 spiro atoms. The molecule has 0 bridgehead atoms. The second-order valence-corrected chi connectivity index (χ2v) is 5.24. The first kappa shape index (κ1) is 11.5. The van der Waals surface area contributed by atoms with Gasteiger partial charge in [-0.2, -0.15) is 0 Å². The molecule has 1 atom stereocenters. The molecule has 0 amide bonds. The fourth-order valence-corrected chi connectivity index (χ4v) is 2.85. The molecule has 0 radical (unpaired) electrons. The molecule has 1 aliphatic heterocycles. The summed E-state index contributed by atoms with van der Waals surface area (Å²) < 4.78 is 0. The SMILES string of the molecule is Oc1cc2ccccc2cc1CC1CCCNC1. The van der Waals surface area contributed by atoms with Crippen LogP contribution in [0.25, 0.3) is 10.8 Å². The molecule has 0 saturated carbocycles. The van der Waals surface area contributed by atoms with E-state index >= 15 is 0 Å². The lowest BCUT2D eigenvalue weighted by atomic mass is 9.91. The average Bonchev–Trinajstić information content (AvgIpc) is 2.41. The van der Waals surface area contributed by atoms with Crippen molar-refractivity contribution in [2.75, 3.05) is 13.1 Å². The predicted molar refractivity (Wildman–Crippen MR) is 74.9 cm³/mol. The highest BCUT2D eigenvalue weighted by Crippen LogP contribution is 2.28. The van der Waals surface area contributed by atoms with Gasteiger partial charge in [-0.3, -0.25) is 0 Å². The van der Waals surface area contributed by atoms with Gasteiger partial charge < -0.3 is 10.4 Å². The van der Waals surface area contributed by atoms with E-state index in [0.717, 1.165) is 30.5 Å². The van der Waals surface area contributed by atoms with E-state index in [0.29, 0.717) is 11.7 Å². The average molecular weight is 241 g/mol. The Bertz CT molecular complexity index is 544. The zero-order valence-corrected chi connectivity index (χ0v) is 10.5. The van der Waals surface area contributed by atoms with Gasteiger partial charge in [0, 0.05) is 0 Å². The minimum absolute atomic E-state index is 0.444. The molecule has 0 aliphatic carbocycles. The van der Waals surface area contributed by atoms with Crippen molar-refractivity contribution in [3.05, 3.63) is 42.0 Å². The largest absolute Gasteiger partial charge is 0.508 e. The van der Waals surface area contributed by atoms with Crippen molar-refractivity contribution in [1.29, 1.82) is 0 Å². The number of phenolic OH excluding ortho intramolecular Hbond substituents is 1. The maximum atomic E-state index is 10.1. The van der Waals surface area contributed by atoms with Crippen molar-refractivity contribution >= 4 is 10.8 Å². The molecule has 94 valence electrons. The number of aromatic hydroxyl groups is 1. The van der Waals surface area contributed by atoms with Crippen LogP contribution in [0.4, 0.5) is 0 Å². The highest BCUT2D eigenvalue weighted by atomic mass is 16.3. The van der Waals surface area contributed by atoms with Gasteiger partial charge in [-0.05, 0) is 66.7 Å². The summed E-state index contributed by atoms with van der Waals surface area (Å²) in [5.74, 6) is 1.10. The summed E-state index contributed by atoms with van der Waals surface area (Å²) >= 11 is 0. The standard InChI is InChI=1S/C16H19NO/c18-16-10-14-6-2-1-5-13(14)9-15(16)8-12-4-3-7-17-11-12/h1-2,5-6,9-10,12,17-18H,3-4,7-8,11H2. The van der Waals surface area contributed by atoms with Crippen LogP contribution in [0.5, 0.6) is 5.75 Å². The van der Waals surface area contributed by atoms with E-state index in [1.807, 2.05) is 24.3 Å². The molecule has 3 rings (SSSR count). The van der Waals surface area contributed by atoms with E-state index in [9.17, 15) is 5.11 Å². The lowest BCUT2D eigenvalue weighted by Gasteiger charge is -2.23. The molecule has 2 heteroatoms. The predicted octanol–water partition coefficient (Wildman–Crippen LogP) is 3.09. The normalized spacial score (nSPS) is 20.1. The smallest absolute Gasteiger partial charge is 0.119 e. The van der Waals surface area contributed by atoms with Crippen molar-refractivity contribution in [1.82, 2.24) is 5.32 Å². The van der Waals surface area contributed by atoms with Crippen molar-refractivity contribution in [2.45, 2.75) is 19.3 Å². The van der Waals surface area contributed by atoms with Gasteiger partial charge in [0.05, 0.1) is 0 Å². The van der Waals surface area contributed by atoms with Crippen LogP contribution in [-0.2, 0) is 6.42 Å². The summed E-state index contributed by atoms with van der Waals surface area (Å²) in [6, 6.07) is 12.2. The number of hydrogen-bond acceptors (Lipinski definition) is 2. The van der Waals surface area contributed by atoms with Crippen LogP contribution in [0.15, 0.2) is 36.4 Å². The van der Waals surface area contributed by atoms with E-state index in [4.69, 9.17) is 0 Å². The first-order valence-electron chi connectivity index (χ1n) is 6.74. The van der Waals surface area contributed by atoms with E-state index in [1.54, 1.807) is 0 Å². The van der Waals surface area contributed by atoms with Crippen LogP contribution < -0.4 is 5.32 Å². The van der Waals surface area contributed by atoms with Gasteiger partial charge in [0.15, 0.2) is 0 Å². The number of fused-ring (bicyclic) bond motifs is 1. The maximum Gasteiger partial charge on any atom is 0.119 e. The Kier molecular flexibility index (Phi) is 3.20.